The number of para-hydroxylation sites is 2. The molecule has 1 amide bonds. The summed E-state index contributed by atoms with van der Waals surface area (Å²) in [6, 6.07) is 12.8. The number of benzene rings is 2. The van der Waals surface area contributed by atoms with Gasteiger partial charge < -0.3 is 18.9 Å². The number of anilines is 1. The number of carbonyl (C=O) groups excluding carboxylic acids is 1. The predicted molar refractivity (Wildman–Crippen MR) is 145 cm³/mol. The molecular formula is C26H27BrN4O5S. The molecule has 0 saturated carbocycles. The molecule has 0 fully saturated rings. The van der Waals surface area contributed by atoms with E-state index < -0.39 is 5.91 Å². The van der Waals surface area contributed by atoms with Crippen molar-refractivity contribution in [3.63, 3.8) is 0 Å². The quantitative estimate of drug-likeness (QED) is 0.155. The first-order chi connectivity index (χ1) is 18.0. The molecule has 0 aliphatic heterocycles. The number of nitriles is 1. The van der Waals surface area contributed by atoms with Crippen molar-refractivity contribution in [3.8, 4) is 29.1 Å². The van der Waals surface area contributed by atoms with Crippen LogP contribution in [-0.2, 0) is 11.2 Å². The van der Waals surface area contributed by atoms with Gasteiger partial charge in [-0.2, -0.15) is 5.26 Å². The largest absolute Gasteiger partial charge is 0.493 e. The minimum atomic E-state index is -0.565. The second kappa shape index (κ2) is 14.2. The third-order valence-electron chi connectivity index (χ3n) is 4.82. The van der Waals surface area contributed by atoms with Gasteiger partial charge in [0.1, 0.15) is 29.9 Å². The summed E-state index contributed by atoms with van der Waals surface area (Å²) in [6.45, 7) is 4.82. The van der Waals surface area contributed by atoms with Gasteiger partial charge in [0.2, 0.25) is 5.13 Å². The van der Waals surface area contributed by atoms with Gasteiger partial charge in [-0.3, -0.25) is 10.1 Å². The van der Waals surface area contributed by atoms with E-state index in [0.29, 0.717) is 44.8 Å². The van der Waals surface area contributed by atoms with Crippen molar-refractivity contribution >= 4 is 44.4 Å². The van der Waals surface area contributed by atoms with Crippen molar-refractivity contribution in [3.05, 3.63) is 57.0 Å². The van der Waals surface area contributed by atoms with Gasteiger partial charge in [0.05, 0.1) is 18.2 Å². The highest BCUT2D eigenvalue weighted by Crippen LogP contribution is 2.37. The van der Waals surface area contributed by atoms with Gasteiger partial charge in [0.25, 0.3) is 5.91 Å². The van der Waals surface area contributed by atoms with Crippen molar-refractivity contribution in [2.75, 3.05) is 32.2 Å². The number of aryl methyl sites for hydroxylation is 1. The molecule has 2 aromatic carbocycles. The Hall–Kier alpha value is -3.62. The van der Waals surface area contributed by atoms with Crippen molar-refractivity contribution in [1.29, 1.82) is 5.26 Å². The van der Waals surface area contributed by atoms with Crippen LogP contribution >= 0.6 is 27.3 Å². The number of carbonyl (C=O) groups is 1. The Morgan fingerprint density at radius 1 is 1.11 bits per heavy atom. The zero-order chi connectivity index (χ0) is 26.6. The molecule has 194 valence electrons. The van der Waals surface area contributed by atoms with Crippen LogP contribution in [0.5, 0.6) is 23.0 Å². The van der Waals surface area contributed by atoms with Gasteiger partial charge in [-0.15, -0.1) is 10.2 Å². The molecule has 0 saturated heterocycles. The fourth-order valence-electron chi connectivity index (χ4n) is 3.21. The van der Waals surface area contributed by atoms with E-state index in [1.54, 1.807) is 19.2 Å². The van der Waals surface area contributed by atoms with Crippen LogP contribution in [0.15, 0.2) is 46.4 Å². The molecule has 1 aromatic heterocycles. The molecule has 11 heteroatoms. The first kappa shape index (κ1) is 28.0. The molecule has 1 N–H and O–H groups in total. The Morgan fingerprint density at radius 3 is 2.57 bits per heavy atom. The lowest BCUT2D eigenvalue weighted by Crippen LogP contribution is -2.13. The number of methoxy groups -OCH3 is 1. The Morgan fingerprint density at radius 2 is 1.86 bits per heavy atom. The molecule has 3 aromatic rings. The number of nitrogens with zero attached hydrogens (tertiary/aromatic N) is 3. The number of rotatable bonds is 13. The van der Waals surface area contributed by atoms with Gasteiger partial charge in [0, 0.05) is 6.42 Å². The molecule has 0 radical (unpaired) electrons. The van der Waals surface area contributed by atoms with Crippen molar-refractivity contribution in [1.82, 2.24) is 10.2 Å². The first-order valence-corrected chi connectivity index (χ1v) is 13.2. The van der Waals surface area contributed by atoms with Crippen LogP contribution in [-0.4, -0.2) is 43.0 Å². The van der Waals surface area contributed by atoms with Crippen LogP contribution in [0.3, 0.4) is 0 Å². The Labute approximate surface area is 228 Å². The molecule has 0 unspecified atom stereocenters. The van der Waals surface area contributed by atoms with E-state index in [0.717, 1.165) is 17.8 Å². The normalized spacial score (nSPS) is 10.9. The Balaban J connectivity index is 1.71. The Bertz CT molecular complexity index is 1290. The molecule has 0 aliphatic carbocycles. The van der Waals surface area contributed by atoms with E-state index in [-0.39, 0.29) is 18.8 Å². The zero-order valence-electron chi connectivity index (χ0n) is 20.7. The lowest BCUT2D eigenvalue weighted by Gasteiger charge is -2.15. The minimum Gasteiger partial charge on any atom is -0.493 e. The number of ether oxygens (including phenoxy) is 4. The van der Waals surface area contributed by atoms with E-state index in [2.05, 4.69) is 31.4 Å². The summed E-state index contributed by atoms with van der Waals surface area (Å²) in [5.41, 5.74) is 0.504. The average molecular weight is 587 g/mol. The number of hydrogen-bond acceptors (Lipinski definition) is 9. The van der Waals surface area contributed by atoms with Gasteiger partial charge in [-0.1, -0.05) is 30.4 Å². The van der Waals surface area contributed by atoms with E-state index in [1.165, 1.54) is 17.4 Å². The SMILES string of the molecule is CCCc1nnc(NC(=O)/C(C#N)=C\c2cc(Br)c(OCCOc3ccccc3OC)c(OCC)c2)s1. The van der Waals surface area contributed by atoms with Gasteiger partial charge >= 0.3 is 0 Å². The first-order valence-electron chi connectivity index (χ1n) is 11.6. The van der Waals surface area contributed by atoms with Crippen LogP contribution in [0.4, 0.5) is 5.13 Å². The van der Waals surface area contributed by atoms with E-state index >= 15 is 0 Å². The lowest BCUT2D eigenvalue weighted by molar-refractivity contribution is -0.112. The summed E-state index contributed by atoms with van der Waals surface area (Å²) in [5, 5.41) is 21.4. The number of halogens is 1. The summed E-state index contributed by atoms with van der Waals surface area (Å²) in [4.78, 5) is 12.7. The summed E-state index contributed by atoms with van der Waals surface area (Å²) in [6.07, 6.45) is 3.19. The molecule has 0 bridgehead atoms. The molecule has 37 heavy (non-hydrogen) atoms. The maximum Gasteiger partial charge on any atom is 0.268 e. The third kappa shape index (κ3) is 7.93. The molecule has 3 rings (SSSR count). The van der Waals surface area contributed by atoms with Crippen molar-refractivity contribution < 1.29 is 23.7 Å². The number of aromatic nitrogens is 2. The fourth-order valence-corrected chi connectivity index (χ4v) is 4.62. The van der Waals surface area contributed by atoms with Crippen molar-refractivity contribution in [2.45, 2.75) is 26.7 Å². The fraction of sp³-hybridized carbons (Fsp3) is 0.308. The lowest BCUT2D eigenvalue weighted by atomic mass is 10.1. The third-order valence-corrected chi connectivity index (χ3v) is 6.30. The van der Waals surface area contributed by atoms with Gasteiger partial charge in [-0.05, 0) is 65.2 Å². The number of nitrogens with one attached hydrogen (secondary N) is 1. The maximum atomic E-state index is 12.7. The molecule has 9 nitrogen and oxygen atoms in total. The van der Waals surface area contributed by atoms with E-state index in [9.17, 15) is 10.1 Å². The standard InChI is InChI=1S/C26H27BrN4O5S/c1-4-8-23-30-31-26(37-23)29-25(32)18(16-28)13-17-14-19(27)24(22(15-17)34-5-2)36-12-11-35-21-10-7-6-9-20(21)33-3/h6-7,9-10,13-15H,4-5,8,11-12H2,1-3H3,(H,29,31,32)/b18-13-. The number of hydrogen-bond donors (Lipinski definition) is 1. The minimum absolute atomic E-state index is 0.0829. The van der Waals surface area contributed by atoms with Gasteiger partial charge in [0.15, 0.2) is 23.0 Å². The maximum absolute atomic E-state index is 12.7. The summed E-state index contributed by atoms with van der Waals surface area (Å²) in [7, 11) is 1.58. The monoisotopic (exact) mass is 586 g/mol. The van der Waals surface area contributed by atoms with Crippen LogP contribution < -0.4 is 24.3 Å². The second-order valence-corrected chi connectivity index (χ2v) is 9.40. The van der Waals surface area contributed by atoms with Crippen LogP contribution in [0.25, 0.3) is 6.08 Å². The highest BCUT2D eigenvalue weighted by Gasteiger charge is 2.16. The van der Waals surface area contributed by atoms with Gasteiger partial charge in [-0.25, -0.2) is 0 Å². The number of amides is 1. The molecular weight excluding hydrogens is 560 g/mol. The topological polar surface area (TPSA) is 116 Å². The smallest absolute Gasteiger partial charge is 0.268 e. The van der Waals surface area contributed by atoms with E-state index in [4.69, 9.17) is 18.9 Å². The van der Waals surface area contributed by atoms with Crippen LogP contribution in [0.2, 0.25) is 0 Å². The molecule has 0 spiro atoms. The average Bonchev–Trinajstić information content (AvgIpc) is 3.33. The Kier molecular flexibility index (Phi) is 10.7. The van der Waals surface area contributed by atoms with Crippen molar-refractivity contribution in [2.24, 2.45) is 0 Å². The second-order valence-electron chi connectivity index (χ2n) is 7.49. The highest BCUT2D eigenvalue weighted by molar-refractivity contribution is 9.10. The van der Waals surface area contributed by atoms with Crippen LogP contribution in [0.1, 0.15) is 30.8 Å². The molecule has 0 atom stereocenters. The predicted octanol–water partition coefficient (Wildman–Crippen LogP) is 5.66. The van der Waals surface area contributed by atoms with E-state index in [1.807, 2.05) is 44.2 Å². The summed E-state index contributed by atoms with van der Waals surface area (Å²) >= 11 is 4.80. The van der Waals surface area contributed by atoms with Crippen LogP contribution in [0, 0.1) is 11.3 Å². The molecule has 1 heterocycles. The molecule has 0 aliphatic rings. The zero-order valence-corrected chi connectivity index (χ0v) is 23.1. The summed E-state index contributed by atoms with van der Waals surface area (Å²) in [5.74, 6) is 1.65. The summed E-state index contributed by atoms with van der Waals surface area (Å²) < 4.78 is 23.4. The highest BCUT2D eigenvalue weighted by atomic mass is 79.9.